The molecule has 0 bridgehead atoms. The van der Waals surface area contributed by atoms with Crippen molar-refractivity contribution in [3.8, 4) is 5.75 Å². The summed E-state index contributed by atoms with van der Waals surface area (Å²) in [5.41, 5.74) is 2.19. The van der Waals surface area contributed by atoms with Crippen molar-refractivity contribution >= 4 is 28.5 Å². The van der Waals surface area contributed by atoms with Gasteiger partial charge >= 0.3 is 11.8 Å². The van der Waals surface area contributed by atoms with Crippen LogP contribution in [0.25, 0.3) is 11.1 Å². The van der Waals surface area contributed by atoms with Crippen molar-refractivity contribution in [3.63, 3.8) is 0 Å². The summed E-state index contributed by atoms with van der Waals surface area (Å²) in [5.74, 6) is 0.147. The minimum Gasteiger partial charge on any atom is -0.495 e. The molecular formula is C18H19N3O4. The number of hydrogen-bond acceptors (Lipinski definition) is 4. The normalized spacial score (nSPS) is 10.9. The molecule has 3 rings (SSSR count). The van der Waals surface area contributed by atoms with Crippen LogP contribution in [0.2, 0.25) is 0 Å². The molecule has 2 aromatic carbocycles. The average molecular weight is 341 g/mol. The first-order chi connectivity index (χ1) is 12.0. The number of oxazole rings is 1. The number of anilines is 2. The van der Waals surface area contributed by atoms with E-state index in [0.717, 1.165) is 0 Å². The molecule has 3 aromatic rings. The van der Waals surface area contributed by atoms with E-state index < -0.39 is 11.8 Å². The van der Waals surface area contributed by atoms with E-state index in [0.29, 0.717) is 28.2 Å². The predicted octanol–water partition coefficient (Wildman–Crippen LogP) is 3.83. The molecule has 1 aromatic heterocycles. The standard InChI is InChI=1S/C18H19N3O4/c1-11(2)21-14-9-8-12(10-16(14)25-18(21)23)19-17(22)20-13-6-4-5-7-15(13)24-3/h4-11H,1-3H3,(H2,19,20,22). The van der Waals surface area contributed by atoms with E-state index in [-0.39, 0.29) is 6.04 Å². The molecule has 0 aliphatic heterocycles. The fourth-order valence-electron chi connectivity index (χ4n) is 2.64. The van der Waals surface area contributed by atoms with Gasteiger partial charge in [-0.3, -0.25) is 4.57 Å². The number of ether oxygens (including phenoxy) is 1. The number of methoxy groups -OCH3 is 1. The molecule has 2 N–H and O–H groups in total. The highest BCUT2D eigenvalue weighted by Gasteiger charge is 2.13. The Kier molecular flexibility index (Phi) is 4.47. The number of nitrogens with zero attached hydrogens (tertiary/aromatic N) is 1. The van der Waals surface area contributed by atoms with Crippen LogP contribution in [0.3, 0.4) is 0 Å². The zero-order valence-corrected chi connectivity index (χ0v) is 14.2. The van der Waals surface area contributed by atoms with Crippen LogP contribution in [0, 0.1) is 0 Å². The van der Waals surface area contributed by atoms with Crippen LogP contribution in [-0.4, -0.2) is 17.7 Å². The van der Waals surface area contributed by atoms with E-state index in [9.17, 15) is 9.59 Å². The highest BCUT2D eigenvalue weighted by atomic mass is 16.5. The van der Waals surface area contributed by atoms with Crippen LogP contribution in [0.15, 0.2) is 51.7 Å². The van der Waals surface area contributed by atoms with Gasteiger partial charge in [-0.05, 0) is 38.1 Å². The topological polar surface area (TPSA) is 85.5 Å². The summed E-state index contributed by atoms with van der Waals surface area (Å²) in [6.45, 7) is 3.81. The average Bonchev–Trinajstić information content (AvgIpc) is 2.90. The third-order valence-electron chi connectivity index (χ3n) is 3.74. The van der Waals surface area contributed by atoms with Crippen LogP contribution in [0.1, 0.15) is 19.9 Å². The molecule has 0 saturated heterocycles. The van der Waals surface area contributed by atoms with Crippen LogP contribution in [-0.2, 0) is 0 Å². The van der Waals surface area contributed by atoms with Crippen molar-refractivity contribution in [1.82, 2.24) is 4.57 Å². The minimum absolute atomic E-state index is 0.0126. The Hall–Kier alpha value is -3.22. The summed E-state index contributed by atoms with van der Waals surface area (Å²) >= 11 is 0. The molecule has 0 unspecified atom stereocenters. The molecule has 0 aliphatic carbocycles. The lowest BCUT2D eigenvalue weighted by Gasteiger charge is -2.11. The van der Waals surface area contributed by atoms with Gasteiger partial charge in [-0.15, -0.1) is 0 Å². The Bertz CT molecular complexity index is 972. The van der Waals surface area contributed by atoms with Crippen molar-refractivity contribution in [2.24, 2.45) is 0 Å². The number of carbonyl (C=O) groups excluding carboxylic acids is 1. The zero-order chi connectivity index (χ0) is 18.0. The van der Waals surface area contributed by atoms with E-state index >= 15 is 0 Å². The van der Waals surface area contributed by atoms with Crippen molar-refractivity contribution in [2.45, 2.75) is 19.9 Å². The Morgan fingerprint density at radius 1 is 1.16 bits per heavy atom. The number of urea groups is 1. The molecule has 0 atom stereocenters. The van der Waals surface area contributed by atoms with Crippen molar-refractivity contribution in [3.05, 3.63) is 53.0 Å². The lowest BCUT2D eigenvalue weighted by Crippen LogP contribution is -2.19. The monoisotopic (exact) mass is 341 g/mol. The number of amides is 2. The van der Waals surface area contributed by atoms with Gasteiger partial charge in [0.2, 0.25) is 0 Å². The molecule has 25 heavy (non-hydrogen) atoms. The Labute approximate surface area is 144 Å². The van der Waals surface area contributed by atoms with Gasteiger partial charge in [0, 0.05) is 17.8 Å². The summed E-state index contributed by atoms with van der Waals surface area (Å²) in [6, 6.07) is 11.8. The first kappa shape index (κ1) is 16.6. The molecule has 130 valence electrons. The zero-order valence-electron chi connectivity index (χ0n) is 14.2. The van der Waals surface area contributed by atoms with Crippen molar-refractivity contribution < 1.29 is 13.9 Å². The largest absolute Gasteiger partial charge is 0.495 e. The number of aromatic nitrogens is 1. The number of rotatable bonds is 4. The summed E-state index contributed by atoms with van der Waals surface area (Å²) < 4.78 is 12.0. The molecule has 1 heterocycles. The molecule has 0 aliphatic rings. The molecule has 0 saturated carbocycles. The van der Waals surface area contributed by atoms with E-state index in [1.165, 1.54) is 7.11 Å². The SMILES string of the molecule is COc1ccccc1NC(=O)Nc1ccc2c(c1)oc(=O)n2C(C)C. The van der Waals surface area contributed by atoms with Crippen LogP contribution in [0.4, 0.5) is 16.2 Å². The van der Waals surface area contributed by atoms with E-state index in [2.05, 4.69) is 10.6 Å². The number of carbonyl (C=O) groups is 1. The van der Waals surface area contributed by atoms with E-state index in [1.807, 2.05) is 19.9 Å². The quantitative estimate of drug-likeness (QED) is 0.755. The Morgan fingerprint density at radius 2 is 1.92 bits per heavy atom. The molecule has 0 radical (unpaired) electrons. The fraction of sp³-hybridized carbons (Fsp3) is 0.222. The fourth-order valence-corrected chi connectivity index (χ4v) is 2.64. The van der Waals surface area contributed by atoms with Gasteiger partial charge in [-0.25, -0.2) is 9.59 Å². The van der Waals surface area contributed by atoms with Crippen LogP contribution in [0.5, 0.6) is 5.75 Å². The number of fused-ring (bicyclic) bond motifs is 1. The summed E-state index contributed by atoms with van der Waals surface area (Å²) in [4.78, 5) is 24.1. The molecule has 0 spiro atoms. The number of benzene rings is 2. The van der Waals surface area contributed by atoms with Crippen molar-refractivity contribution in [2.75, 3.05) is 17.7 Å². The van der Waals surface area contributed by atoms with Gasteiger partial charge in [0.25, 0.3) is 0 Å². The smallest absolute Gasteiger partial charge is 0.420 e. The second-order valence-electron chi connectivity index (χ2n) is 5.79. The Morgan fingerprint density at radius 3 is 2.64 bits per heavy atom. The Balaban J connectivity index is 1.81. The third kappa shape index (κ3) is 3.35. The lowest BCUT2D eigenvalue weighted by atomic mass is 10.2. The summed E-state index contributed by atoms with van der Waals surface area (Å²) in [7, 11) is 1.54. The van der Waals surface area contributed by atoms with Gasteiger partial charge < -0.3 is 19.8 Å². The molecule has 0 fully saturated rings. The first-order valence-electron chi connectivity index (χ1n) is 7.85. The maximum atomic E-state index is 12.2. The highest BCUT2D eigenvalue weighted by Crippen LogP contribution is 2.24. The van der Waals surface area contributed by atoms with Gasteiger partial charge in [0.15, 0.2) is 5.58 Å². The first-order valence-corrected chi connectivity index (χ1v) is 7.85. The van der Waals surface area contributed by atoms with E-state index in [4.69, 9.17) is 9.15 Å². The maximum absolute atomic E-state index is 12.2. The number of hydrogen-bond donors (Lipinski definition) is 2. The van der Waals surface area contributed by atoms with Crippen LogP contribution < -0.4 is 21.1 Å². The highest BCUT2D eigenvalue weighted by molar-refractivity contribution is 6.01. The summed E-state index contributed by atoms with van der Waals surface area (Å²) in [5, 5.41) is 5.44. The van der Waals surface area contributed by atoms with Crippen molar-refractivity contribution in [1.29, 1.82) is 0 Å². The predicted molar refractivity (Wildman–Crippen MR) is 96.5 cm³/mol. The van der Waals surface area contributed by atoms with Gasteiger partial charge in [0.05, 0.1) is 18.3 Å². The second-order valence-corrected chi connectivity index (χ2v) is 5.79. The third-order valence-corrected chi connectivity index (χ3v) is 3.74. The number of nitrogens with one attached hydrogen (secondary N) is 2. The second kappa shape index (κ2) is 6.72. The molecule has 7 heteroatoms. The van der Waals surface area contributed by atoms with Gasteiger partial charge in [0.1, 0.15) is 5.75 Å². The molecular weight excluding hydrogens is 322 g/mol. The minimum atomic E-state index is -0.422. The lowest BCUT2D eigenvalue weighted by molar-refractivity contribution is 0.262. The van der Waals surface area contributed by atoms with E-state index in [1.54, 1.807) is 41.0 Å². The molecule has 7 nitrogen and oxygen atoms in total. The summed E-state index contributed by atoms with van der Waals surface area (Å²) in [6.07, 6.45) is 0. The van der Waals surface area contributed by atoms with Crippen LogP contribution >= 0.6 is 0 Å². The van der Waals surface area contributed by atoms with Gasteiger partial charge in [-0.1, -0.05) is 12.1 Å². The molecule has 2 amide bonds. The number of para-hydroxylation sites is 2. The maximum Gasteiger partial charge on any atom is 0.420 e. The van der Waals surface area contributed by atoms with Gasteiger partial charge in [-0.2, -0.15) is 0 Å².